The van der Waals surface area contributed by atoms with Gasteiger partial charge in [-0.15, -0.1) is 0 Å². The molecule has 0 heterocycles. The molecule has 0 bridgehead atoms. The lowest BCUT2D eigenvalue weighted by molar-refractivity contribution is -0.114. The highest BCUT2D eigenvalue weighted by molar-refractivity contribution is 9.10. The van der Waals surface area contributed by atoms with Gasteiger partial charge in [0.2, 0.25) is 0 Å². The van der Waals surface area contributed by atoms with Crippen LogP contribution < -0.4 is 5.32 Å². The average Bonchev–Trinajstić information content (AvgIpc) is 2.11. The summed E-state index contributed by atoms with van der Waals surface area (Å²) < 4.78 is -0.693. The van der Waals surface area contributed by atoms with E-state index in [9.17, 15) is 4.79 Å². The van der Waals surface area contributed by atoms with Crippen molar-refractivity contribution in [1.82, 2.24) is 0 Å². The summed E-state index contributed by atoms with van der Waals surface area (Å²) in [6.07, 6.45) is 0. The average molecular weight is 277 g/mol. The van der Waals surface area contributed by atoms with E-state index in [1.807, 2.05) is 32.0 Å². The van der Waals surface area contributed by atoms with Crippen molar-refractivity contribution in [1.29, 1.82) is 0 Å². The first-order chi connectivity index (χ1) is 6.52. The van der Waals surface area contributed by atoms with E-state index in [0.29, 0.717) is 0 Å². The lowest BCUT2D eigenvalue weighted by atomic mass is 10.1. The molecule has 2 nitrogen and oxygen atoms in total. The summed E-state index contributed by atoms with van der Waals surface area (Å²) in [4.78, 5) is 11.3. The number of carbonyl (C=O) groups excluding carboxylic acids is 1. The highest BCUT2D eigenvalue weighted by Gasteiger charge is 2.12. The van der Waals surface area contributed by atoms with Crippen molar-refractivity contribution < 1.29 is 4.79 Å². The highest BCUT2D eigenvalue weighted by Crippen LogP contribution is 2.20. The maximum absolute atomic E-state index is 11.3. The molecule has 1 aromatic rings. The Kier molecular flexibility index (Phi) is 3.96. The van der Waals surface area contributed by atoms with Crippen LogP contribution in [0.25, 0.3) is 0 Å². The molecule has 4 heteroatoms. The molecular formula is C10H11BrClNO. The monoisotopic (exact) mass is 275 g/mol. The predicted molar refractivity (Wildman–Crippen MR) is 63.1 cm³/mol. The Morgan fingerprint density at radius 2 is 1.93 bits per heavy atom. The Hall–Kier alpha value is -0.540. The second-order valence-corrected chi connectivity index (χ2v) is 4.94. The third-order valence-electron chi connectivity index (χ3n) is 1.93. The molecule has 1 rings (SSSR count). The van der Waals surface area contributed by atoms with Crippen LogP contribution in [0.3, 0.4) is 0 Å². The zero-order chi connectivity index (χ0) is 10.7. The molecule has 0 aliphatic heterocycles. The van der Waals surface area contributed by atoms with Gasteiger partial charge in [0.1, 0.15) is 0 Å². The van der Waals surface area contributed by atoms with Gasteiger partial charge in [-0.25, -0.2) is 0 Å². The Bertz CT molecular complexity index is 332. The molecule has 0 aromatic heterocycles. The fraction of sp³-hybridized carbons (Fsp3) is 0.300. The number of carbonyl (C=O) groups is 1. The van der Waals surface area contributed by atoms with Crippen LogP contribution in [-0.2, 0) is 4.79 Å². The quantitative estimate of drug-likeness (QED) is 0.826. The molecule has 14 heavy (non-hydrogen) atoms. The zero-order valence-electron chi connectivity index (χ0n) is 7.97. The lowest BCUT2D eigenvalue weighted by Gasteiger charge is -2.11. The summed E-state index contributed by atoms with van der Waals surface area (Å²) in [5, 5.41) is 2.76. The van der Waals surface area contributed by atoms with Crippen molar-refractivity contribution in [3.63, 3.8) is 0 Å². The van der Waals surface area contributed by atoms with Gasteiger partial charge in [0, 0.05) is 5.69 Å². The van der Waals surface area contributed by atoms with E-state index in [1.165, 1.54) is 0 Å². The normalized spacial score (nSPS) is 12.3. The fourth-order valence-electron chi connectivity index (χ4n) is 1.19. The van der Waals surface area contributed by atoms with Crippen LogP contribution in [-0.4, -0.2) is 10.2 Å². The molecular weight excluding hydrogens is 265 g/mol. The summed E-state index contributed by atoms with van der Waals surface area (Å²) in [7, 11) is 0. The van der Waals surface area contributed by atoms with Gasteiger partial charge < -0.3 is 5.32 Å². The molecule has 76 valence electrons. The summed E-state index contributed by atoms with van der Waals surface area (Å²) in [5.41, 5.74) is 2.90. The van der Waals surface area contributed by atoms with Crippen LogP contribution in [0, 0.1) is 13.8 Å². The van der Waals surface area contributed by atoms with Gasteiger partial charge in [-0.05, 0) is 25.0 Å². The van der Waals surface area contributed by atoms with Gasteiger partial charge in [-0.2, -0.15) is 0 Å². The minimum atomic E-state index is -0.693. The van der Waals surface area contributed by atoms with Gasteiger partial charge in [0.25, 0.3) is 5.91 Å². The minimum absolute atomic E-state index is 0.246. The number of benzene rings is 1. The summed E-state index contributed by atoms with van der Waals surface area (Å²) in [6.45, 7) is 3.89. The zero-order valence-corrected chi connectivity index (χ0v) is 10.3. The number of para-hydroxylation sites is 1. The minimum Gasteiger partial charge on any atom is -0.324 e. The molecule has 0 saturated carbocycles. The topological polar surface area (TPSA) is 29.1 Å². The number of nitrogens with one attached hydrogen (secondary N) is 1. The van der Waals surface area contributed by atoms with E-state index >= 15 is 0 Å². The van der Waals surface area contributed by atoms with Gasteiger partial charge in [-0.3, -0.25) is 4.79 Å². The highest BCUT2D eigenvalue weighted by atomic mass is 79.9. The molecule has 1 aromatic carbocycles. The molecule has 0 saturated heterocycles. The van der Waals surface area contributed by atoms with Gasteiger partial charge >= 0.3 is 0 Å². The molecule has 0 aliphatic rings. The molecule has 1 atom stereocenters. The van der Waals surface area contributed by atoms with Crippen molar-refractivity contribution >= 4 is 39.1 Å². The van der Waals surface area contributed by atoms with Crippen molar-refractivity contribution in [3.05, 3.63) is 29.3 Å². The van der Waals surface area contributed by atoms with Gasteiger partial charge in [-0.1, -0.05) is 45.7 Å². The van der Waals surface area contributed by atoms with Gasteiger partial charge in [0.15, 0.2) is 4.29 Å². The van der Waals surface area contributed by atoms with Crippen LogP contribution >= 0.6 is 27.5 Å². The second kappa shape index (κ2) is 4.80. The smallest absolute Gasteiger partial charge is 0.253 e. The van der Waals surface area contributed by atoms with Gasteiger partial charge in [0.05, 0.1) is 0 Å². The first-order valence-corrected chi connectivity index (χ1v) is 5.53. The molecule has 1 amide bonds. The number of halogens is 2. The Labute approximate surface area is 96.8 Å². The van der Waals surface area contributed by atoms with Crippen molar-refractivity contribution in [2.75, 3.05) is 5.32 Å². The Morgan fingerprint density at radius 3 is 2.36 bits per heavy atom. The molecule has 0 radical (unpaired) electrons. The lowest BCUT2D eigenvalue weighted by Crippen LogP contribution is -2.19. The van der Waals surface area contributed by atoms with Crippen molar-refractivity contribution in [2.24, 2.45) is 0 Å². The first-order valence-electron chi connectivity index (χ1n) is 4.17. The van der Waals surface area contributed by atoms with Crippen LogP contribution in [0.15, 0.2) is 18.2 Å². The summed E-state index contributed by atoms with van der Waals surface area (Å²) >= 11 is 8.59. The number of rotatable bonds is 2. The van der Waals surface area contributed by atoms with E-state index in [1.54, 1.807) is 0 Å². The number of aryl methyl sites for hydroxylation is 2. The van der Waals surface area contributed by atoms with E-state index in [2.05, 4.69) is 21.2 Å². The Morgan fingerprint density at radius 1 is 1.43 bits per heavy atom. The van der Waals surface area contributed by atoms with E-state index in [0.717, 1.165) is 16.8 Å². The van der Waals surface area contributed by atoms with E-state index in [4.69, 9.17) is 11.6 Å². The number of amides is 1. The number of anilines is 1. The van der Waals surface area contributed by atoms with Crippen LogP contribution in [0.5, 0.6) is 0 Å². The third kappa shape index (κ3) is 2.72. The predicted octanol–water partition coefficient (Wildman–Crippen LogP) is 3.20. The maximum atomic E-state index is 11.3. The van der Waals surface area contributed by atoms with Crippen molar-refractivity contribution in [2.45, 2.75) is 18.1 Å². The molecule has 0 aliphatic carbocycles. The van der Waals surface area contributed by atoms with Crippen LogP contribution in [0.1, 0.15) is 11.1 Å². The first kappa shape index (κ1) is 11.5. The van der Waals surface area contributed by atoms with Crippen LogP contribution in [0.2, 0.25) is 0 Å². The van der Waals surface area contributed by atoms with E-state index < -0.39 is 4.29 Å². The maximum Gasteiger partial charge on any atom is 0.253 e. The molecule has 0 fully saturated rings. The molecule has 0 spiro atoms. The number of alkyl halides is 2. The third-order valence-corrected chi connectivity index (χ3v) is 2.54. The molecule has 1 unspecified atom stereocenters. The number of hydrogen-bond donors (Lipinski definition) is 1. The number of hydrogen-bond acceptors (Lipinski definition) is 1. The molecule has 1 N–H and O–H groups in total. The SMILES string of the molecule is Cc1cccc(C)c1NC(=O)C(Cl)Br. The van der Waals surface area contributed by atoms with Crippen LogP contribution in [0.4, 0.5) is 5.69 Å². The van der Waals surface area contributed by atoms with Crippen molar-refractivity contribution in [3.8, 4) is 0 Å². The Balaban J connectivity index is 2.91. The van der Waals surface area contributed by atoms with E-state index in [-0.39, 0.29) is 5.91 Å². The summed E-state index contributed by atoms with van der Waals surface area (Å²) in [6, 6.07) is 5.84. The fourth-order valence-corrected chi connectivity index (χ4v) is 1.36. The second-order valence-electron chi connectivity index (χ2n) is 3.06. The summed E-state index contributed by atoms with van der Waals surface area (Å²) in [5.74, 6) is -0.246. The largest absolute Gasteiger partial charge is 0.324 e. The standard InChI is InChI=1S/C10H11BrClNO/c1-6-4-3-5-7(2)8(6)13-10(14)9(11)12/h3-5,9H,1-2H3,(H,13,14).